The zero-order chi connectivity index (χ0) is 17.5. The fourth-order valence-electron chi connectivity index (χ4n) is 1.93. The standard InChI is InChI=1S/C17H18F2N2O2S/c1-11(10-23-13-8-6-12(22-2)7-9-13)20-17(24)21-16-14(18)4-3-5-15(16)19/h3-9,11H,10H2,1-2H3,(H2,20,21,24)/t11-/m1/s1. The van der Waals surface area contributed by atoms with Crippen LogP contribution in [0.1, 0.15) is 6.92 Å². The Bertz CT molecular complexity index is 675. The second-order valence-corrected chi connectivity index (χ2v) is 5.49. The molecule has 7 heteroatoms. The molecule has 1 atom stereocenters. The van der Waals surface area contributed by atoms with Crippen LogP contribution < -0.4 is 20.1 Å². The van der Waals surface area contributed by atoms with E-state index in [9.17, 15) is 8.78 Å². The van der Waals surface area contributed by atoms with E-state index in [-0.39, 0.29) is 16.8 Å². The third kappa shape index (κ3) is 5.06. The largest absolute Gasteiger partial charge is 0.497 e. The van der Waals surface area contributed by atoms with E-state index in [1.807, 2.05) is 6.92 Å². The minimum Gasteiger partial charge on any atom is -0.497 e. The van der Waals surface area contributed by atoms with Gasteiger partial charge < -0.3 is 20.1 Å². The Labute approximate surface area is 144 Å². The smallest absolute Gasteiger partial charge is 0.171 e. The van der Waals surface area contributed by atoms with Gasteiger partial charge in [-0.3, -0.25) is 0 Å². The van der Waals surface area contributed by atoms with Crippen molar-refractivity contribution in [1.29, 1.82) is 0 Å². The topological polar surface area (TPSA) is 42.5 Å². The van der Waals surface area contributed by atoms with Crippen LogP contribution in [0.5, 0.6) is 11.5 Å². The summed E-state index contributed by atoms with van der Waals surface area (Å²) in [5.41, 5.74) is -0.279. The molecule has 0 aliphatic rings. The average molecular weight is 352 g/mol. The Morgan fingerprint density at radius 2 is 1.67 bits per heavy atom. The molecule has 0 heterocycles. The Hall–Kier alpha value is -2.41. The van der Waals surface area contributed by atoms with E-state index in [1.165, 1.54) is 6.07 Å². The number of hydrogen-bond acceptors (Lipinski definition) is 3. The van der Waals surface area contributed by atoms with Crippen molar-refractivity contribution in [3.05, 3.63) is 54.1 Å². The van der Waals surface area contributed by atoms with Crippen molar-refractivity contribution < 1.29 is 18.3 Å². The van der Waals surface area contributed by atoms with E-state index >= 15 is 0 Å². The summed E-state index contributed by atoms with van der Waals surface area (Å²) < 4.78 is 37.8. The number of rotatable bonds is 6. The van der Waals surface area contributed by atoms with Gasteiger partial charge in [-0.25, -0.2) is 8.78 Å². The Morgan fingerprint density at radius 3 is 2.25 bits per heavy atom. The second kappa shape index (κ2) is 8.44. The predicted molar refractivity (Wildman–Crippen MR) is 93.7 cm³/mol. The first-order valence-electron chi connectivity index (χ1n) is 7.28. The fourth-order valence-corrected chi connectivity index (χ4v) is 2.23. The molecule has 4 nitrogen and oxygen atoms in total. The number of methoxy groups -OCH3 is 1. The molecule has 0 amide bonds. The second-order valence-electron chi connectivity index (χ2n) is 5.08. The van der Waals surface area contributed by atoms with Crippen molar-refractivity contribution in [3.63, 3.8) is 0 Å². The molecule has 0 aromatic heterocycles. The maximum atomic E-state index is 13.6. The Balaban J connectivity index is 1.83. The molecule has 2 N–H and O–H groups in total. The monoisotopic (exact) mass is 352 g/mol. The molecule has 2 aromatic carbocycles. The summed E-state index contributed by atoms with van der Waals surface area (Å²) in [6.45, 7) is 2.17. The molecule has 0 bridgehead atoms. The Kier molecular flexibility index (Phi) is 6.31. The predicted octanol–water partition coefficient (Wildman–Crippen LogP) is 3.73. The minimum atomic E-state index is -0.707. The van der Waals surface area contributed by atoms with Crippen LogP contribution in [-0.4, -0.2) is 24.9 Å². The van der Waals surface area contributed by atoms with Crippen molar-refractivity contribution in [1.82, 2.24) is 5.32 Å². The Morgan fingerprint density at radius 1 is 1.08 bits per heavy atom. The maximum Gasteiger partial charge on any atom is 0.171 e. The summed E-state index contributed by atoms with van der Waals surface area (Å²) in [6, 6.07) is 10.6. The van der Waals surface area contributed by atoms with Gasteiger partial charge in [-0.15, -0.1) is 0 Å². The third-order valence-corrected chi connectivity index (χ3v) is 3.36. The molecule has 128 valence electrons. The lowest BCUT2D eigenvalue weighted by atomic mass is 10.3. The summed E-state index contributed by atoms with van der Waals surface area (Å²) >= 11 is 5.07. The summed E-state index contributed by atoms with van der Waals surface area (Å²) in [5, 5.41) is 5.55. The highest BCUT2D eigenvalue weighted by Gasteiger charge is 2.11. The van der Waals surface area contributed by atoms with Gasteiger partial charge in [-0.1, -0.05) is 6.07 Å². The molecule has 0 aliphatic heterocycles. The summed E-state index contributed by atoms with van der Waals surface area (Å²) in [4.78, 5) is 0. The van der Waals surface area contributed by atoms with E-state index in [0.29, 0.717) is 12.4 Å². The van der Waals surface area contributed by atoms with Gasteiger partial charge in [-0.05, 0) is 55.5 Å². The first-order chi connectivity index (χ1) is 11.5. The lowest BCUT2D eigenvalue weighted by Gasteiger charge is -2.18. The number of para-hydroxylation sites is 1. The van der Waals surface area contributed by atoms with Gasteiger partial charge in [0.1, 0.15) is 35.4 Å². The lowest BCUT2D eigenvalue weighted by molar-refractivity contribution is 0.286. The molecule has 2 aromatic rings. The molecule has 24 heavy (non-hydrogen) atoms. The molecule has 0 spiro atoms. The molecule has 0 aliphatic carbocycles. The maximum absolute atomic E-state index is 13.6. The van der Waals surface area contributed by atoms with E-state index in [1.54, 1.807) is 31.4 Å². The van der Waals surface area contributed by atoms with Crippen molar-refractivity contribution in [3.8, 4) is 11.5 Å². The van der Waals surface area contributed by atoms with E-state index < -0.39 is 11.6 Å². The van der Waals surface area contributed by atoms with Crippen molar-refractivity contribution in [2.24, 2.45) is 0 Å². The number of benzene rings is 2. The number of halogens is 2. The summed E-state index contributed by atoms with van der Waals surface area (Å²) in [5.74, 6) is 0.0110. The van der Waals surface area contributed by atoms with Crippen LogP contribution in [0.25, 0.3) is 0 Å². The normalized spacial score (nSPS) is 11.5. The van der Waals surface area contributed by atoms with Gasteiger partial charge in [0.25, 0.3) is 0 Å². The van der Waals surface area contributed by atoms with Crippen LogP contribution in [0, 0.1) is 11.6 Å². The van der Waals surface area contributed by atoms with Crippen LogP contribution in [0.15, 0.2) is 42.5 Å². The van der Waals surface area contributed by atoms with Crippen LogP contribution in [0.3, 0.4) is 0 Å². The number of thiocarbonyl (C=S) groups is 1. The molecule has 0 saturated heterocycles. The quantitative estimate of drug-likeness (QED) is 0.776. The lowest BCUT2D eigenvalue weighted by Crippen LogP contribution is -2.39. The third-order valence-electron chi connectivity index (χ3n) is 3.14. The first kappa shape index (κ1) is 17.9. The fraction of sp³-hybridized carbons (Fsp3) is 0.235. The van der Waals surface area contributed by atoms with Gasteiger partial charge in [0.2, 0.25) is 0 Å². The molecular formula is C17H18F2N2O2S. The van der Waals surface area contributed by atoms with Crippen LogP contribution >= 0.6 is 12.2 Å². The molecular weight excluding hydrogens is 334 g/mol. The summed E-state index contributed by atoms with van der Waals surface area (Å²) in [7, 11) is 1.59. The van der Waals surface area contributed by atoms with Gasteiger partial charge in [0.15, 0.2) is 5.11 Å². The molecule has 2 rings (SSSR count). The zero-order valence-corrected chi connectivity index (χ0v) is 14.1. The van der Waals surface area contributed by atoms with Crippen molar-refractivity contribution in [2.45, 2.75) is 13.0 Å². The first-order valence-corrected chi connectivity index (χ1v) is 7.69. The van der Waals surface area contributed by atoms with E-state index in [0.717, 1.165) is 17.9 Å². The van der Waals surface area contributed by atoms with E-state index in [2.05, 4.69) is 10.6 Å². The average Bonchev–Trinajstić information content (AvgIpc) is 2.57. The van der Waals surface area contributed by atoms with Gasteiger partial charge in [0.05, 0.1) is 13.2 Å². The highest BCUT2D eigenvalue weighted by Crippen LogP contribution is 2.18. The van der Waals surface area contributed by atoms with Gasteiger partial charge >= 0.3 is 0 Å². The van der Waals surface area contributed by atoms with Gasteiger partial charge in [-0.2, -0.15) is 0 Å². The minimum absolute atomic E-state index is 0.116. The molecule has 0 fully saturated rings. The highest BCUT2D eigenvalue weighted by atomic mass is 32.1. The number of anilines is 1. The van der Waals surface area contributed by atoms with Crippen molar-refractivity contribution >= 4 is 23.0 Å². The molecule has 0 saturated carbocycles. The van der Waals surface area contributed by atoms with Crippen molar-refractivity contribution in [2.75, 3.05) is 19.0 Å². The number of ether oxygens (including phenoxy) is 2. The number of hydrogen-bond donors (Lipinski definition) is 2. The molecule has 0 radical (unpaired) electrons. The molecule has 0 unspecified atom stereocenters. The highest BCUT2D eigenvalue weighted by molar-refractivity contribution is 7.80. The number of nitrogens with one attached hydrogen (secondary N) is 2. The van der Waals surface area contributed by atoms with Gasteiger partial charge in [0, 0.05) is 0 Å². The van der Waals surface area contributed by atoms with E-state index in [4.69, 9.17) is 21.7 Å². The SMILES string of the molecule is COc1ccc(OC[C@@H](C)NC(=S)Nc2c(F)cccc2F)cc1. The van der Waals surface area contributed by atoms with Crippen LogP contribution in [-0.2, 0) is 0 Å². The van der Waals surface area contributed by atoms with Crippen LogP contribution in [0.4, 0.5) is 14.5 Å². The summed E-state index contributed by atoms with van der Waals surface area (Å²) in [6.07, 6.45) is 0. The van der Waals surface area contributed by atoms with Crippen LogP contribution in [0.2, 0.25) is 0 Å². The zero-order valence-electron chi connectivity index (χ0n) is 13.3.